The molecular weight excluding hydrogens is 464 g/mol. The smallest absolute Gasteiger partial charge is 0.314 e. The largest absolute Gasteiger partial charge is 0.389 e. The number of nitrogens with one attached hydrogen (secondary N) is 1. The molecule has 0 spiro atoms. The van der Waals surface area contributed by atoms with E-state index in [-0.39, 0.29) is 37.3 Å². The molecule has 3 rings (SSSR count). The van der Waals surface area contributed by atoms with Crippen LogP contribution in [0.25, 0.3) is 0 Å². The molecule has 1 N–H and O–H groups in total. The van der Waals surface area contributed by atoms with E-state index in [1.807, 2.05) is 48.5 Å². The van der Waals surface area contributed by atoms with E-state index < -0.39 is 12.6 Å². The van der Waals surface area contributed by atoms with Crippen molar-refractivity contribution in [2.75, 3.05) is 26.2 Å². The molecule has 1 saturated heterocycles. The summed E-state index contributed by atoms with van der Waals surface area (Å²) in [5.74, 6) is 0. The monoisotopic (exact) mass is 486 g/mol. The third-order valence-electron chi connectivity index (χ3n) is 4.61. The number of hydrogen-bond donors (Lipinski definition) is 1. The second kappa shape index (κ2) is 12.3. The Morgan fingerprint density at radius 2 is 1.62 bits per heavy atom. The van der Waals surface area contributed by atoms with Gasteiger partial charge in [0, 0.05) is 53.5 Å². The zero-order valence-electron chi connectivity index (χ0n) is 15.6. The molecule has 0 aromatic heterocycles. The van der Waals surface area contributed by atoms with Gasteiger partial charge in [-0.25, -0.2) is 0 Å². The van der Waals surface area contributed by atoms with Crippen molar-refractivity contribution >= 4 is 48.2 Å². The molecule has 0 saturated carbocycles. The fourth-order valence-electron chi connectivity index (χ4n) is 3.31. The van der Waals surface area contributed by atoms with E-state index in [2.05, 4.69) is 10.2 Å². The number of benzene rings is 2. The number of halogens is 6. The van der Waals surface area contributed by atoms with Crippen molar-refractivity contribution in [1.29, 1.82) is 0 Å². The second-order valence-electron chi connectivity index (χ2n) is 6.55. The van der Waals surface area contributed by atoms with Gasteiger partial charge in [-0.3, -0.25) is 4.90 Å². The lowest BCUT2D eigenvalue weighted by atomic mass is 9.99. The predicted octanol–water partition coefficient (Wildman–Crippen LogP) is 6.62. The van der Waals surface area contributed by atoms with Crippen LogP contribution in [0, 0.1) is 0 Å². The highest BCUT2D eigenvalue weighted by atomic mass is 35.5. The summed E-state index contributed by atoms with van der Waals surface area (Å²) in [5, 5.41) is 3.93. The Labute approximate surface area is 191 Å². The first-order valence-electron chi connectivity index (χ1n) is 8.96. The molecule has 2 aromatic carbocycles. The minimum absolute atomic E-state index is 0. The molecule has 0 aliphatic carbocycles. The summed E-state index contributed by atoms with van der Waals surface area (Å²) in [4.78, 5) is 4.18. The molecule has 1 aliphatic heterocycles. The van der Waals surface area contributed by atoms with Gasteiger partial charge in [0.25, 0.3) is 0 Å². The summed E-state index contributed by atoms with van der Waals surface area (Å²) in [6.07, 6.45) is -4.85. The molecule has 1 atom stereocenters. The standard InChI is InChI=1S/C20H22ClF3N2S.2ClH/c21-15-5-7-16(8-6-15)27-19-4-2-1-3-17(19)18(9-10-20(22,23)24)26-13-11-25-12-14-26;;/h1-8,18,25H,9-14H2;2*1H/t18-;;/m0../s1. The quantitative estimate of drug-likeness (QED) is 0.493. The van der Waals surface area contributed by atoms with Crippen LogP contribution >= 0.6 is 48.2 Å². The molecule has 29 heavy (non-hydrogen) atoms. The van der Waals surface area contributed by atoms with Gasteiger partial charge in [-0.2, -0.15) is 13.2 Å². The fraction of sp³-hybridized carbons (Fsp3) is 0.400. The Kier molecular flexibility index (Phi) is 11.2. The van der Waals surface area contributed by atoms with Gasteiger partial charge in [-0.15, -0.1) is 24.8 Å². The minimum Gasteiger partial charge on any atom is -0.314 e. The van der Waals surface area contributed by atoms with Crippen LogP contribution in [-0.2, 0) is 0 Å². The average Bonchev–Trinajstić information content (AvgIpc) is 2.65. The molecule has 9 heteroatoms. The minimum atomic E-state index is -4.15. The zero-order chi connectivity index (χ0) is 19.3. The number of alkyl halides is 3. The SMILES string of the molecule is Cl.Cl.FC(F)(F)CC[C@@H](c1ccccc1Sc1ccc(Cl)cc1)N1CCNCC1. The Balaban J connectivity index is 0.00000210. The molecule has 0 amide bonds. The first kappa shape index (κ1) is 26.4. The van der Waals surface area contributed by atoms with Crippen LogP contribution in [0.1, 0.15) is 24.4 Å². The van der Waals surface area contributed by atoms with E-state index in [1.165, 1.54) is 0 Å². The van der Waals surface area contributed by atoms with Crippen LogP contribution in [0.5, 0.6) is 0 Å². The van der Waals surface area contributed by atoms with Crippen molar-refractivity contribution in [3.8, 4) is 0 Å². The van der Waals surface area contributed by atoms with Crippen LogP contribution in [0.3, 0.4) is 0 Å². The normalized spacial score (nSPS) is 15.9. The van der Waals surface area contributed by atoms with Crippen molar-refractivity contribution in [3.63, 3.8) is 0 Å². The maximum atomic E-state index is 12.9. The summed E-state index contributed by atoms with van der Waals surface area (Å²) in [6, 6.07) is 15.0. The Hall–Kier alpha value is -0.630. The van der Waals surface area contributed by atoms with Gasteiger partial charge in [0.15, 0.2) is 0 Å². The van der Waals surface area contributed by atoms with E-state index in [9.17, 15) is 13.2 Å². The first-order chi connectivity index (χ1) is 12.9. The lowest BCUT2D eigenvalue weighted by Gasteiger charge is -2.36. The molecule has 0 unspecified atom stereocenters. The molecule has 1 aliphatic rings. The van der Waals surface area contributed by atoms with Crippen LogP contribution in [0.4, 0.5) is 13.2 Å². The molecule has 0 bridgehead atoms. The summed E-state index contributed by atoms with van der Waals surface area (Å²) in [5.41, 5.74) is 0.962. The van der Waals surface area contributed by atoms with Gasteiger partial charge in [-0.1, -0.05) is 41.6 Å². The summed E-state index contributed by atoms with van der Waals surface area (Å²) < 4.78 is 38.8. The molecular formula is C20H24Cl3F3N2S. The molecule has 162 valence electrons. The topological polar surface area (TPSA) is 15.3 Å². The van der Waals surface area contributed by atoms with E-state index in [0.717, 1.165) is 41.5 Å². The van der Waals surface area contributed by atoms with Crippen molar-refractivity contribution in [2.45, 2.75) is 34.9 Å². The van der Waals surface area contributed by atoms with Crippen molar-refractivity contribution in [2.24, 2.45) is 0 Å². The Bertz CT molecular complexity index is 738. The van der Waals surface area contributed by atoms with E-state index in [1.54, 1.807) is 11.8 Å². The highest BCUT2D eigenvalue weighted by Crippen LogP contribution is 2.39. The fourth-order valence-corrected chi connectivity index (χ4v) is 4.43. The van der Waals surface area contributed by atoms with Crippen molar-refractivity contribution in [3.05, 3.63) is 59.1 Å². The number of hydrogen-bond acceptors (Lipinski definition) is 3. The van der Waals surface area contributed by atoms with Crippen LogP contribution in [-0.4, -0.2) is 37.3 Å². The lowest BCUT2D eigenvalue weighted by Crippen LogP contribution is -2.45. The third kappa shape index (κ3) is 8.19. The average molecular weight is 488 g/mol. The van der Waals surface area contributed by atoms with E-state index in [0.29, 0.717) is 5.02 Å². The molecule has 1 fully saturated rings. The van der Waals surface area contributed by atoms with Gasteiger partial charge in [0.1, 0.15) is 0 Å². The van der Waals surface area contributed by atoms with Crippen LogP contribution in [0.2, 0.25) is 5.02 Å². The number of rotatable bonds is 6. The van der Waals surface area contributed by atoms with E-state index in [4.69, 9.17) is 11.6 Å². The van der Waals surface area contributed by atoms with Crippen molar-refractivity contribution < 1.29 is 13.2 Å². The zero-order valence-corrected chi connectivity index (χ0v) is 18.8. The summed E-state index contributed by atoms with van der Waals surface area (Å²) >= 11 is 7.52. The highest BCUT2D eigenvalue weighted by molar-refractivity contribution is 7.99. The van der Waals surface area contributed by atoms with Crippen LogP contribution < -0.4 is 5.32 Å². The van der Waals surface area contributed by atoms with Crippen LogP contribution in [0.15, 0.2) is 58.3 Å². The Morgan fingerprint density at radius 1 is 1.00 bits per heavy atom. The van der Waals surface area contributed by atoms with E-state index >= 15 is 0 Å². The van der Waals surface area contributed by atoms with Gasteiger partial charge >= 0.3 is 6.18 Å². The second-order valence-corrected chi connectivity index (χ2v) is 8.10. The molecule has 2 nitrogen and oxygen atoms in total. The maximum Gasteiger partial charge on any atom is 0.389 e. The van der Waals surface area contributed by atoms with Gasteiger partial charge in [-0.05, 0) is 42.3 Å². The van der Waals surface area contributed by atoms with Gasteiger partial charge < -0.3 is 5.32 Å². The predicted molar refractivity (Wildman–Crippen MR) is 119 cm³/mol. The summed E-state index contributed by atoms with van der Waals surface area (Å²) in [6.45, 7) is 3.11. The first-order valence-corrected chi connectivity index (χ1v) is 10.2. The maximum absolute atomic E-state index is 12.9. The molecule has 2 aromatic rings. The Morgan fingerprint density at radius 3 is 2.24 bits per heavy atom. The highest BCUT2D eigenvalue weighted by Gasteiger charge is 2.32. The molecule has 1 heterocycles. The number of nitrogens with zero attached hydrogens (tertiary/aromatic N) is 1. The lowest BCUT2D eigenvalue weighted by molar-refractivity contribution is -0.138. The number of piperazine rings is 1. The van der Waals surface area contributed by atoms with Gasteiger partial charge in [0.05, 0.1) is 0 Å². The summed E-state index contributed by atoms with van der Waals surface area (Å²) in [7, 11) is 0. The van der Waals surface area contributed by atoms with Crippen molar-refractivity contribution in [1.82, 2.24) is 10.2 Å². The third-order valence-corrected chi connectivity index (χ3v) is 5.96. The van der Waals surface area contributed by atoms with Gasteiger partial charge in [0.2, 0.25) is 0 Å². The molecule has 0 radical (unpaired) electrons.